The van der Waals surface area contributed by atoms with Gasteiger partial charge in [0.1, 0.15) is 31.4 Å². The molecule has 0 saturated carbocycles. The van der Waals surface area contributed by atoms with Gasteiger partial charge in [-0.1, -0.05) is 40.1 Å². The predicted octanol–water partition coefficient (Wildman–Crippen LogP) is 0.926. The molecule has 0 heterocycles. The minimum Gasteiger partial charge on any atom is -0.132 e. The molecule has 68 valence electrons. The van der Waals surface area contributed by atoms with Crippen LogP contribution in [0.5, 0.6) is 0 Å². The summed E-state index contributed by atoms with van der Waals surface area (Å²) in [7, 11) is 33.3. The maximum absolute atomic E-state index is 5.79. The summed E-state index contributed by atoms with van der Waals surface area (Å²) >= 11 is 3.26. The molecule has 0 aliphatic heterocycles. The Morgan fingerprint density at radius 3 is 1.94 bits per heavy atom. The van der Waals surface area contributed by atoms with Crippen LogP contribution in [0.15, 0.2) is 32.4 Å². The van der Waals surface area contributed by atoms with E-state index in [4.69, 9.17) is 47.1 Å². The highest BCUT2D eigenvalue weighted by Gasteiger charge is 2.02. The van der Waals surface area contributed by atoms with Gasteiger partial charge in [-0.3, -0.25) is 0 Å². The zero-order valence-electron chi connectivity index (χ0n) is 9.04. The van der Waals surface area contributed by atoms with Gasteiger partial charge in [0.05, 0.1) is 15.7 Å². The summed E-state index contributed by atoms with van der Waals surface area (Å²) in [5.74, 6) is 0. The molecule has 0 fully saturated rings. The zero-order chi connectivity index (χ0) is 12.7. The van der Waals surface area contributed by atoms with Gasteiger partial charge in [0.2, 0.25) is 0 Å². The number of hydrogen-bond donors (Lipinski definition) is 0. The highest BCUT2D eigenvalue weighted by molar-refractivity contribution is 9.12. The first-order valence-corrected chi connectivity index (χ1v) is 5.46. The Hall–Kier alpha value is 0.0896. The van der Waals surface area contributed by atoms with Crippen LogP contribution in [0.2, 0.25) is 12.6 Å². The third-order valence-corrected chi connectivity index (χ3v) is 2.84. The molecule has 16 heavy (non-hydrogen) atoms. The molecule has 0 rings (SSSR count). The van der Waals surface area contributed by atoms with Crippen molar-refractivity contribution in [3.63, 3.8) is 0 Å². The van der Waals surface area contributed by atoms with Crippen molar-refractivity contribution in [1.82, 2.24) is 0 Å². The van der Waals surface area contributed by atoms with E-state index in [9.17, 15) is 0 Å². The van der Waals surface area contributed by atoms with Gasteiger partial charge >= 0.3 is 0 Å². The Morgan fingerprint density at radius 2 is 1.50 bits per heavy atom. The Bertz CT molecular complexity index is 331. The largest absolute Gasteiger partial charge is 0.132 e. The molecule has 0 spiro atoms. The first-order chi connectivity index (χ1) is 7.43. The summed E-state index contributed by atoms with van der Waals surface area (Å²) in [6.45, 7) is 0. The van der Waals surface area contributed by atoms with E-state index in [1.165, 1.54) is 0 Å². The molecule has 7 heteroatoms. The highest BCUT2D eigenvalue weighted by atomic mass is 79.9. The minimum atomic E-state index is 0.176. The van der Waals surface area contributed by atoms with E-state index in [1.807, 2.05) is 0 Å². The molecular weight excluding hydrogens is 253 g/mol. The van der Waals surface area contributed by atoms with Crippen LogP contribution in [-0.4, -0.2) is 47.1 Å². The maximum atomic E-state index is 5.79. The lowest BCUT2D eigenvalue weighted by Crippen LogP contribution is -1.96. The first kappa shape index (κ1) is 16.1. The van der Waals surface area contributed by atoms with E-state index < -0.39 is 0 Å². The fraction of sp³-hybridized carbons (Fsp3) is 0.333. The van der Waals surface area contributed by atoms with Crippen LogP contribution < -0.4 is 0 Å². The van der Waals surface area contributed by atoms with Crippen LogP contribution in [0, 0.1) is 0 Å². The second kappa shape index (κ2) is 8.22. The molecule has 0 aliphatic rings. The van der Waals surface area contributed by atoms with E-state index in [-0.39, 0.29) is 6.32 Å². The van der Waals surface area contributed by atoms with E-state index in [0.29, 0.717) is 39.1 Å². The Balaban J connectivity index is 4.85. The molecule has 0 unspecified atom stereocenters. The fourth-order valence-electron chi connectivity index (χ4n) is 0.838. The van der Waals surface area contributed by atoms with Crippen molar-refractivity contribution in [1.29, 1.82) is 0 Å². The molecule has 0 N–H and O–H groups in total. The van der Waals surface area contributed by atoms with Crippen molar-refractivity contribution >= 4 is 63.0 Å². The Morgan fingerprint density at radius 1 is 0.938 bits per heavy atom. The van der Waals surface area contributed by atoms with E-state index in [0.717, 1.165) is 0 Å². The zero-order valence-corrected chi connectivity index (χ0v) is 10.6. The summed E-state index contributed by atoms with van der Waals surface area (Å²) < 4.78 is 0.538. The monoisotopic (exact) mass is 260 g/mol. The second-order valence-corrected chi connectivity index (χ2v) is 3.96. The minimum absolute atomic E-state index is 0.176. The fourth-order valence-corrected chi connectivity index (χ4v) is 1.25. The summed E-state index contributed by atoms with van der Waals surface area (Å²) in [5.41, 5.74) is 1.81. The van der Waals surface area contributed by atoms with E-state index in [1.54, 1.807) is 6.08 Å². The van der Waals surface area contributed by atoms with Crippen molar-refractivity contribution in [3.05, 3.63) is 32.4 Å². The molecule has 0 saturated heterocycles. The van der Waals surface area contributed by atoms with Crippen LogP contribution in [0.4, 0.5) is 0 Å². The number of rotatable bonds is 5. The predicted molar refractivity (Wildman–Crippen MR) is 79.8 cm³/mol. The van der Waals surface area contributed by atoms with E-state index >= 15 is 0 Å². The van der Waals surface area contributed by atoms with Gasteiger partial charge in [-0.25, -0.2) is 0 Å². The van der Waals surface area contributed by atoms with Gasteiger partial charge in [-0.2, -0.15) is 0 Å². The summed E-state index contributed by atoms with van der Waals surface area (Å²) in [6, 6.07) is 0. The van der Waals surface area contributed by atoms with Crippen LogP contribution in [0.3, 0.4) is 0 Å². The van der Waals surface area contributed by atoms with Crippen LogP contribution in [0.1, 0.15) is 6.42 Å². The third kappa shape index (κ3) is 5.43. The molecular formula is C9H7B6Br. The Kier molecular flexibility index (Phi) is 8.27. The van der Waals surface area contributed by atoms with Crippen LogP contribution in [-0.2, 0) is 0 Å². The molecule has 0 amide bonds. The lowest BCUT2D eigenvalue weighted by atomic mass is 9.72. The van der Waals surface area contributed by atoms with Crippen molar-refractivity contribution < 1.29 is 0 Å². The smallest absolute Gasteiger partial charge is 0.114 e. The summed E-state index contributed by atoms with van der Waals surface area (Å²) in [6.07, 6.45) is 2.64. The van der Waals surface area contributed by atoms with Crippen molar-refractivity contribution in [2.45, 2.75) is 19.1 Å². The average molecular weight is 260 g/mol. The number of hydrogen-bond acceptors (Lipinski definition) is 0. The molecule has 0 aromatic rings. The quantitative estimate of drug-likeness (QED) is 0.509. The number of allylic oxidation sites excluding steroid dienone is 6. The highest BCUT2D eigenvalue weighted by Crippen LogP contribution is 2.23. The molecule has 0 aromatic heterocycles. The average Bonchev–Trinajstić information content (AvgIpc) is 2.32. The van der Waals surface area contributed by atoms with Gasteiger partial charge in [0.25, 0.3) is 0 Å². The normalized spacial score (nSPS) is 15.4. The van der Waals surface area contributed by atoms with Crippen LogP contribution in [0.25, 0.3) is 0 Å². The SMILES string of the molecule is [B]C/C([B])=C([B])\C(Br)=C(\[B])C/C=C(\[B])C[B]. The van der Waals surface area contributed by atoms with Gasteiger partial charge in [-0.15, -0.1) is 16.4 Å². The van der Waals surface area contributed by atoms with Gasteiger partial charge in [0, 0.05) is 0 Å². The standard InChI is InChI=1S/C9H7B6Br/c10-3-5(12)1-2-6(13)9(16)8(15)7(14)4-11/h1H,2-4H2/b5-1-,8-7-,9-6-. The van der Waals surface area contributed by atoms with E-state index in [2.05, 4.69) is 15.9 Å². The van der Waals surface area contributed by atoms with Crippen molar-refractivity contribution in [2.75, 3.05) is 0 Å². The third-order valence-electron chi connectivity index (χ3n) is 1.90. The van der Waals surface area contributed by atoms with Gasteiger partial charge in [0.15, 0.2) is 0 Å². The van der Waals surface area contributed by atoms with Crippen LogP contribution >= 0.6 is 15.9 Å². The van der Waals surface area contributed by atoms with Crippen molar-refractivity contribution in [3.8, 4) is 0 Å². The first-order valence-electron chi connectivity index (χ1n) is 4.67. The molecule has 0 aromatic carbocycles. The molecule has 12 radical (unpaired) electrons. The van der Waals surface area contributed by atoms with Gasteiger partial charge in [-0.05, 0) is 10.9 Å². The molecule has 0 aliphatic carbocycles. The van der Waals surface area contributed by atoms with Crippen molar-refractivity contribution in [2.24, 2.45) is 0 Å². The Labute approximate surface area is 114 Å². The lowest BCUT2D eigenvalue weighted by Gasteiger charge is -2.10. The summed E-state index contributed by atoms with van der Waals surface area (Å²) in [5, 5.41) is 0. The molecule has 0 bridgehead atoms. The number of halogens is 1. The second-order valence-electron chi connectivity index (χ2n) is 3.17. The summed E-state index contributed by atoms with van der Waals surface area (Å²) in [4.78, 5) is 0. The lowest BCUT2D eigenvalue weighted by molar-refractivity contribution is 1.31. The molecule has 0 nitrogen and oxygen atoms in total. The topological polar surface area (TPSA) is 0 Å². The van der Waals surface area contributed by atoms with Gasteiger partial charge < -0.3 is 0 Å². The molecule has 0 atom stereocenters. The maximum Gasteiger partial charge on any atom is 0.114 e.